The highest BCUT2D eigenvalue weighted by Crippen LogP contribution is 2.35. The predicted octanol–water partition coefficient (Wildman–Crippen LogP) is 2.89. The van der Waals surface area contributed by atoms with Gasteiger partial charge in [0.05, 0.1) is 18.0 Å². The van der Waals surface area contributed by atoms with Crippen molar-refractivity contribution >= 4 is 34.0 Å². The number of ether oxygens (including phenoxy) is 2. The molecule has 37 heavy (non-hydrogen) atoms. The minimum atomic E-state index is -0.258. The SMILES string of the molecule is COc1cc(OCCN(C)C)cc2ncnc(Nc3ccc(NC(=O)CN(N)/C=C(\N)C(C)C)cc3)c12. The van der Waals surface area contributed by atoms with Crippen molar-refractivity contribution in [3.05, 3.63) is 54.6 Å². The zero-order valence-corrected chi connectivity index (χ0v) is 22.0. The van der Waals surface area contributed by atoms with Crippen LogP contribution in [-0.4, -0.2) is 66.7 Å². The lowest BCUT2D eigenvalue weighted by Gasteiger charge is -2.16. The molecule has 0 saturated heterocycles. The lowest BCUT2D eigenvalue weighted by atomic mass is 10.1. The lowest BCUT2D eigenvalue weighted by molar-refractivity contribution is -0.116. The summed E-state index contributed by atoms with van der Waals surface area (Å²) in [6, 6.07) is 10.9. The van der Waals surface area contributed by atoms with Crippen LogP contribution in [0.5, 0.6) is 11.5 Å². The molecule has 0 unspecified atom stereocenters. The van der Waals surface area contributed by atoms with Gasteiger partial charge in [0.1, 0.15) is 36.8 Å². The van der Waals surface area contributed by atoms with Crippen molar-refractivity contribution in [2.75, 3.05) is 51.5 Å². The van der Waals surface area contributed by atoms with Crippen LogP contribution in [0.1, 0.15) is 13.8 Å². The molecule has 11 heteroatoms. The first-order valence-electron chi connectivity index (χ1n) is 11.9. The number of amides is 1. The van der Waals surface area contributed by atoms with Gasteiger partial charge < -0.3 is 35.7 Å². The van der Waals surface area contributed by atoms with Crippen molar-refractivity contribution in [1.29, 1.82) is 0 Å². The maximum absolute atomic E-state index is 12.3. The fourth-order valence-corrected chi connectivity index (χ4v) is 3.34. The zero-order chi connectivity index (χ0) is 26.9. The third-order valence-corrected chi connectivity index (χ3v) is 5.44. The zero-order valence-electron chi connectivity index (χ0n) is 22.0. The Morgan fingerprint density at radius 3 is 2.49 bits per heavy atom. The Hall–Kier alpha value is -4.09. The number of carbonyl (C=O) groups excluding carboxylic acids is 1. The van der Waals surface area contributed by atoms with Crippen molar-refractivity contribution in [2.24, 2.45) is 17.5 Å². The van der Waals surface area contributed by atoms with Gasteiger partial charge in [0.2, 0.25) is 5.91 Å². The Morgan fingerprint density at radius 1 is 1.14 bits per heavy atom. The van der Waals surface area contributed by atoms with E-state index in [1.165, 1.54) is 11.3 Å². The molecule has 6 N–H and O–H groups in total. The molecule has 1 aromatic heterocycles. The van der Waals surface area contributed by atoms with Crippen LogP contribution in [0.4, 0.5) is 17.2 Å². The summed E-state index contributed by atoms with van der Waals surface area (Å²) in [7, 11) is 5.58. The van der Waals surface area contributed by atoms with Crippen LogP contribution >= 0.6 is 0 Å². The molecule has 3 aromatic rings. The number of anilines is 3. The van der Waals surface area contributed by atoms with Gasteiger partial charge in [-0.1, -0.05) is 13.8 Å². The van der Waals surface area contributed by atoms with Crippen molar-refractivity contribution in [3.8, 4) is 11.5 Å². The molecule has 1 heterocycles. The molecule has 0 radical (unpaired) electrons. The van der Waals surface area contributed by atoms with Crippen molar-refractivity contribution in [1.82, 2.24) is 19.9 Å². The highest BCUT2D eigenvalue weighted by Gasteiger charge is 2.13. The van der Waals surface area contributed by atoms with E-state index in [1.54, 1.807) is 25.4 Å². The molecule has 2 aromatic carbocycles. The van der Waals surface area contributed by atoms with Crippen LogP contribution in [0.25, 0.3) is 10.9 Å². The van der Waals surface area contributed by atoms with Crippen molar-refractivity contribution < 1.29 is 14.3 Å². The second-order valence-electron chi connectivity index (χ2n) is 9.10. The average molecular weight is 509 g/mol. The highest BCUT2D eigenvalue weighted by atomic mass is 16.5. The number of allylic oxidation sites excluding steroid dienone is 1. The number of hydrazine groups is 1. The van der Waals surface area contributed by atoms with E-state index >= 15 is 0 Å². The standard InChI is InChI=1S/C26H36N8O3/c1-17(2)21(27)14-34(28)15-24(35)31-18-6-8-19(9-7-18)32-26-25-22(29-16-30-26)12-20(13-23(25)36-5)37-11-10-33(3)4/h6-9,12-14,16-17H,10-11,15,27-28H2,1-5H3,(H,31,35)(H,29,30,32)/b21-14-. The second-order valence-corrected chi connectivity index (χ2v) is 9.10. The van der Waals surface area contributed by atoms with Crippen LogP contribution < -0.4 is 31.7 Å². The van der Waals surface area contributed by atoms with Crippen LogP contribution in [0, 0.1) is 5.92 Å². The molecule has 0 aliphatic rings. The number of methoxy groups -OCH3 is 1. The maximum Gasteiger partial charge on any atom is 0.245 e. The molecular formula is C26H36N8O3. The smallest absolute Gasteiger partial charge is 0.245 e. The van der Waals surface area contributed by atoms with Gasteiger partial charge in [0.25, 0.3) is 0 Å². The van der Waals surface area contributed by atoms with Crippen LogP contribution in [0.15, 0.2) is 54.6 Å². The number of likely N-dealkylation sites (N-methyl/N-ethyl adjacent to an activating group) is 1. The van der Waals surface area contributed by atoms with E-state index in [9.17, 15) is 4.79 Å². The number of aromatic nitrogens is 2. The summed E-state index contributed by atoms with van der Waals surface area (Å²) in [5.74, 6) is 7.62. The van der Waals surface area contributed by atoms with E-state index in [4.69, 9.17) is 21.1 Å². The number of carbonyl (C=O) groups is 1. The third kappa shape index (κ3) is 7.95. The van der Waals surface area contributed by atoms with Crippen molar-refractivity contribution in [3.63, 3.8) is 0 Å². The summed E-state index contributed by atoms with van der Waals surface area (Å²) in [6.45, 7) is 5.22. The fraction of sp³-hybridized carbons (Fsp3) is 0.346. The normalized spacial score (nSPS) is 11.6. The predicted molar refractivity (Wildman–Crippen MR) is 146 cm³/mol. The van der Waals surface area contributed by atoms with E-state index in [0.29, 0.717) is 40.8 Å². The van der Waals surface area contributed by atoms with Gasteiger partial charge in [0.15, 0.2) is 0 Å². The van der Waals surface area contributed by atoms with E-state index in [0.717, 1.165) is 17.6 Å². The van der Waals surface area contributed by atoms with Crippen LogP contribution in [0.2, 0.25) is 0 Å². The molecule has 0 fully saturated rings. The van der Waals surface area contributed by atoms with Gasteiger partial charge >= 0.3 is 0 Å². The topological polar surface area (TPSA) is 144 Å². The van der Waals surface area contributed by atoms with E-state index < -0.39 is 0 Å². The summed E-state index contributed by atoms with van der Waals surface area (Å²) >= 11 is 0. The van der Waals surface area contributed by atoms with Gasteiger partial charge in [-0.15, -0.1) is 0 Å². The monoisotopic (exact) mass is 508 g/mol. The molecule has 198 valence electrons. The summed E-state index contributed by atoms with van der Waals surface area (Å²) in [5.41, 5.74) is 8.60. The second kappa shape index (κ2) is 12.7. The van der Waals surface area contributed by atoms with Gasteiger partial charge in [-0.2, -0.15) is 0 Å². The number of rotatable bonds is 12. The molecule has 0 aliphatic heterocycles. The van der Waals surface area contributed by atoms with E-state index in [1.807, 2.05) is 57.1 Å². The molecule has 0 aliphatic carbocycles. The molecule has 1 amide bonds. The average Bonchev–Trinajstić information content (AvgIpc) is 2.84. The van der Waals surface area contributed by atoms with E-state index in [-0.39, 0.29) is 18.4 Å². The minimum absolute atomic E-state index is 0.0268. The quantitative estimate of drug-likeness (QED) is 0.213. The first-order chi connectivity index (χ1) is 17.7. The number of hydrogen-bond donors (Lipinski definition) is 4. The summed E-state index contributed by atoms with van der Waals surface area (Å²) in [6.07, 6.45) is 3.05. The van der Waals surface area contributed by atoms with E-state index in [2.05, 4.69) is 20.6 Å². The highest BCUT2D eigenvalue weighted by molar-refractivity contribution is 5.97. The summed E-state index contributed by atoms with van der Waals surface area (Å²) in [5, 5.41) is 8.13. The number of nitrogens with two attached hydrogens (primary N) is 2. The van der Waals surface area contributed by atoms with Crippen molar-refractivity contribution in [2.45, 2.75) is 13.8 Å². The van der Waals surface area contributed by atoms with Crippen LogP contribution in [0.3, 0.4) is 0 Å². The molecule has 3 rings (SSSR count). The molecule has 0 bridgehead atoms. The third-order valence-electron chi connectivity index (χ3n) is 5.44. The number of nitrogens with zero attached hydrogens (tertiary/aromatic N) is 4. The van der Waals surface area contributed by atoms with Gasteiger partial charge in [0, 0.05) is 41.9 Å². The molecule has 0 saturated carbocycles. The molecular weight excluding hydrogens is 472 g/mol. The number of hydrogen-bond acceptors (Lipinski definition) is 10. The van der Waals surface area contributed by atoms with Gasteiger partial charge in [-0.25, -0.2) is 15.8 Å². The molecule has 0 spiro atoms. The van der Waals surface area contributed by atoms with Gasteiger partial charge in [-0.05, 0) is 44.3 Å². The molecule has 0 atom stereocenters. The number of benzene rings is 2. The number of fused-ring (bicyclic) bond motifs is 1. The number of nitrogens with one attached hydrogen (secondary N) is 2. The van der Waals surface area contributed by atoms with Gasteiger partial charge in [-0.3, -0.25) is 4.79 Å². The maximum atomic E-state index is 12.3. The Morgan fingerprint density at radius 2 is 1.84 bits per heavy atom. The first kappa shape index (κ1) is 27.5. The minimum Gasteiger partial charge on any atom is -0.496 e. The Kier molecular flexibility index (Phi) is 9.47. The molecule has 11 nitrogen and oxygen atoms in total. The summed E-state index contributed by atoms with van der Waals surface area (Å²) in [4.78, 5) is 23.2. The lowest BCUT2D eigenvalue weighted by Crippen LogP contribution is -2.35. The Balaban J connectivity index is 1.70. The first-order valence-corrected chi connectivity index (χ1v) is 11.9. The fourth-order valence-electron chi connectivity index (χ4n) is 3.34. The van der Waals surface area contributed by atoms with Crippen LogP contribution in [-0.2, 0) is 4.79 Å². The Bertz CT molecular complexity index is 1230. The summed E-state index contributed by atoms with van der Waals surface area (Å²) < 4.78 is 11.5. The largest absolute Gasteiger partial charge is 0.496 e. The Labute approximate surface area is 217 Å².